The van der Waals surface area contributed by atoms with Gasteiger partial charge in [0.15, 0.2) is 0 Å². The van der Waals surface area contributed by atoms with Gasteiger partial charge in [0, 0.05) is 17.0 Å². The average molecular weight is 290 g/mol. The molecule has 1 aromatic heterocycles. The van der Waals surface area contributed by atoms with Gasteiger partial charge in [0.05, 0.1) is 0 Å². The van der Waals surface area contributed by atoms with E-state index in [2.05, 4.69) is 32.9 Å². The van der Waals surface area contributed by atoms with Crippen LogP contribution in [0.2, 0.25) is 0 Å². The van der Waals surface area contributed by atoms with Gasteiger partial charge in [-0.15, -0.1) is 11.3 Å². The maximum Gasteiger partial charge on any atom is 0.346 e. The van der Waals surface area contributed by atoms with Gasteiger partial charge < -0.3 is 9.84 Å². The van der Waals surface area contributed by atoms with Crippen LogP contribution < -0.4 is 4.74 Å². The summed E-state index contributed by atoms with van der Waals surface area (Å²) >= 11 is 1.17. The van der Waals surface area contributed by atoms with Gasteiger partial charge in [-0.3, -0.25) is 0 Å². The van der Waals surface area contributed by atoms with Crippen molar-refractivity contribution < 1.29 is 14.6 Å². The number of thiophene rings is 1. The molecule has 1 aromatic carbocycles. The molecule has 1 heterocycles. The van der Waals surface area contributed by atoms with Crippen molar-refractivity contribution in [3.8, 4) is 11.5 Å². The molecule has 106 valence electrons. The minimum absolute atomic E-state index is 0.0331. The van der Waals surface area contributed by atoms with E-state index in [1.807, 2.05) is 13.0 Å². The van der Waals surface area contributed by atoms with Crippen molar-refractivity contribution in [2.75, 3.05) is 0 Å². The maximum atomic E-state index is 10.9. The molecule has 1 N–H and O–H groups in total. The van der Waals surface area contributed by atoms with E-state index >= 15 is 0 Å². The van der Waals surface area contributed by atoms with E-state index in [1.165, 1.54) is 11.3 Å². The van der Waals surface area contributed by atoms with E-state index in [-0.39, 0.29) is 10.3 Å². The van der Waals surface area contributed by atoms with E-state index in [0.29, 0.717) is 5.75 Å². The third-order valence-corrected chi connectivity index (χ3v) is 3.86. The van der Waals surface area contributed by atoms with Gasteiger partial charge in [0.25, 0.3) is 0 Å². The largest absolute Gasteiger partial charge is 0.477 e. The number of aryl methyl sites for hydroxylation is 1. The molecule has 0 amide bonds. The fourth-order valence-corrected chi connectivity index (χ4v) is 2.59. The lowest BCUT2D eigenvalue weighted by Crippen LogP contribution is -2.12. The van der Waals surface area contributed by atoms with Crippen molar-refractivity contribution in [2.45, 2.75) is 33.1 Å². The molecule has 0 bridgehead atoms. The Hall–Kier alpha value is -1.81. The number of ether oxygens (including phenoxy) is 1. The SMILES string of the molecule is Cc1ccc(C(C)(C)C)c(Oc2csc(C(=O)O)c2)c1. The first-order chi connectivity index (χ1) is 9.27. The standard InChI is InChI=1S/C16H18O3S/c1-10-5-6-12(16(2,3)4)13(7-10)19-11-8-14(15(17)18)20-9-11/h5-9H,1-4H3,(H,17,18). The second kappa shape index (κ2) is 5.29. The minimum Gasteiger partial charge on any atom is -0.477 e. The fourth-order valence-electron chi connectivity index (χ4n) is 1.95. The van der Waals surface area contributed by atoms with Crippen LogP contribution in [0.3, 0.4) is 0 Å². The normalized spacial score (nSPS) is 11.4. The quantitative estimate of drug-likeness (QED) is 0.879. The van der Waals surface area contributed by atoms with Crippen molar-refractivity contribution >= 4 is 17.3 Å². The summed E-state index contributed by atoms with van der Waals surface area (Å²) in [5, 5.41) is 10.7. The number of aromatic carboxylic acids is 1. The number of hydrogen-bond donors (Lipinski definition) is 1. The molecule has 2 rings (SSSR count). The molecule has 20 heavy (non-hydrogen) atoms. The van der Waals surface area contributed by atoms with Gasteiger partial charge in [0.2, 0.25) is 0 Å². The molecular weight excluding hydrogens is 272 g/mol. The van der Waals surface area contributed by atoms with E-state index in [1.54, 1.807) is 11.4 Å². The van der Waals surface area contributed by atoms with Gasteiger partial charge in [-0.05, 0) is 24.0 Å². The van der Waals surface area contributed by atoms with Gasteiger partial charge in [-0.2, -0.15) is 0 Å². The highest BCUT2D eigenvalue weighted by atomic mass is 32.1. The lowest BCUT2D eigenvalue weighted by atomic mass is 9.86. The first-order valence-electron chi connectivity index (χ1n) is 6.38. The summed E-state index contributed by atoms with van der Waals surface area (Å²) in [6, 6.07) is 7.67. The predicted octanol–water partition coefficient (Wildman–Crippen LogP) is 4.84. The molecular formula is C16H18O3S. The zero-order chi connectivity index (χ0) is 14.9. The smallest absolute Gasteiger partial charge is 0.346 e. The number of benzene rings is 1. The second-order valence-corrected chi connectivity index (χ2v) is 6.71. The Labute approximate surface area is 122 Å². The summed E-state index contributed by atoms with van der Waals surface area (Å²) < 4.78 is 5.89. The highest BCUT2D eigenvalue weighted by Crippen LogP contribution is 2.36. The van der Waals surface area contributed by atoms with Crippen molar-refractivity contribution in [1.82, 2.24) is 0 Å². The number of carboxylic acid groups (broad SMARTS) is 1. The topological polar surface area (TPSA) is 46.5 Å². The molecule has 0 spiro atoms. The Kier molecular flexibility index (Phi) is 3.86. The fraction of sp³-hybridized carbons (Fsp3) is 0.312. The molecule has 0 saturated carbocycles. The number of rotatable bonds is 3. The van der Waals surface area contributed by atoms with Crippen LogP contribution in [0.4, 0.5) is 0 Å². The number of carbonyl (C=O) groups is 1. The first kappa shape index (κ1) is 14.6. The summed E-state index contributed by atoms with van der Waals surface area (Å²) in [5.74, 6) is 0.431. The zero-order valence-electron chi connectivity index (χ0n) is 12.1. The van der Waals surface area contributed by atoms with E-state index < -0.39 is 5.97 Å². The molecule has 0 radical (unpaired) electrons. The van der Waals surface area contributed by atoms with Crippen molar-refractivity contribution in [3.05, 3.63) is 45.6 Å². The Morgan fingerprint density at radius 2 is 1.95 bits per heavy atom. The monoisotopic (exact) mass is 290 g/mol. The predicted molar refractivity (Wildman–Crippen MR) is 81.2 cm³/mol. The van der Waals surface area contributed by atoms with E-state index in [9.17, 15) is 4.79 Å². The maximum absolute atomic E-state index is 10.9. The van der Waals surface area contributed by atoms with Crippen molar-refractivity contribution in [3.63, 3.8) is 0 Å². The first-order valence-corrected chi connectivity index (χ1v) is 7.26. The van der Waals surface area contributed by atoms with Crippen LogP contribution in [0.15, 0.2) is 29.6 Å². The Morgan fingerprint density at radius 3 is 2.50 bits per heavy atom. The molecule has 0 atom stereocenters. The van der Waals surface area contributed by atoms with Crippen LogP contribution in [0.5, 0.6) is 11.5 Å². The molecule has 0 fully saturated rings. The lowest BCUT2D eigenvalue weighted by molar-refractivity contribution is 0.0702. The van der Waals surface area contributed by atoms with Gasteiger partial charge >= 0.3 is 5.97 Å². The highest BCUT2D eigenvalue weighted by molar-refractivity contribution is 7.12. The lowest BCUT2D eigenvalue weighted by Gasteiger charge is -2.22. The van der Waals surface area contributed by atoms with Crippen LogP contribution in [0.1, 0.15) is 41.6 Å². The molecule has 0 aliphatic rings. The molecule has 3 nitrogen and oxygen atoms in total. The van der Waals surface area contributed by atoms with Gasteiger partial charge in [0.1, 0.15) is 16.4 Å². The highest BCUT2D eigenvalue weighted by Gasteiger charge is 2.20. The molecule has 0 aliphatic heterocycles. The second-order valence-electron chi connectivity index (χ2n) is 5.80. The van der Waals surface area contributed by atoms with E-state index in [4.69, 9.17) is 9.84 Å². The molecule has 4 heteroatoms. The third kappa shape index (κ3) is 3.20. The molecule has 0 unspecified atom stereocenters. The number of carboxylic acids is 1. The van der Waals surface area contributed by atoms with E-state index in [0.717, 1.165) is 16.9 Å². The van der Waals surface area contributed by atoms with Crippen LogP contribution in [-0.4, -0.2) is 11.1 Å². The summed E-state index contributed by atoms with van der Waals surface area (Å²) in [6.45, 7) is 8.39. The Bertz CT molecular complexity index is 635. The Morgan fingerprint density at radius 1 is 1.25 bits per heavy atom. The Balaban J connectivity index is 2.36. The van der Waals surface area contributed by atoms with Gasteiger partial charge in [-0.1, -0.05) is 32.9 Å². The minimum atomic E-state index is -0.926. The summed E-state index contributed by atoms with van der Waals surface area (Å²) in [5.41, 5.74) is 2.18. The summed E-state index contributed by atoms with van der Waals surface area (Å²) in [7, 11) is 0. The number of hydrogen-bond acceptors (Lipinski definition) is 3. The summed E-state index contributed by atoms with van der Waals surface area (Å²) in [6.07, 6.45) is 0. The molecule has 0 aliphatic carbocycles. The van der Waals surface area contributed by atoms with Crippen LogP contribution >= 0.6 is 11.3 Å². The molecule has 2 aromatic rings. The van der Waals surface area contributed by atoms with Gasteiger partial charge in [-0.25, -0.2) is 4.79 Å². The molecule has 0 saturated heterocycles. The van der Waals surface area contributed by atoms with Crippen molar-refractivity contribution in [1.29, 1.82) is 0 Å². The zero-order valence-corrected chi connectivity index (χ0v) is 12.9. The van der Waals surface area contributed by atoms with Crippen molar-refractivity contribution in [2.24, 2.45) is 0 Å². The third-order valence-electron chi connectivity index (χ3n) is 2.96. The average Bonchev–Trinajstić information content (AvgIpc) is 2.76. The van der Waals surface area contributed by atoms with Crippen LogP contribution in [0, 0.1) is 6.92 Å². The summed E-state index contributed by atoms with van der Waals surface area (Å²) in [4.78, 5) is 11.2. The van der Waals surface area contributed by atoms with Crippen LogP contribution in [0.25, 0.3) is 0 Å². The van der Waals surface area contributed by atoms with Crippen LogP contribution in [-0.2, 0) is 5.41 Å².